The van der Waals surface area contributed by atoms with Gasteiger partial charge < -0.3 is 0 Å². The molecule has 2 nitrogen and oxygen atoms in total. The third-order valence-electron chi connectivity index (χ3n) is 1.98. The lowest BCUT2D eigenvalue weighted by molar-refractivity contribution is -0.125. The molecule has 0 aliphatic carbocycles. The predicted octanol–water partition coefficient (Wildman–Crippen LogP) is 2.82. The summed E-state index contributed by atoms with van der Waals surface area (Å²) < 4.78 is 74.0. The predicted molar refractivity (Wildman–Crippen MR) is 48.7 cm³/mol. The van der Waals surface area contributed by atoms with Gasteiger partial charge in [-0.2, -0.15) is 18.4 Å². The van der Waals surface area contributed by atoms with Gasteiger partial charge in [0.25, 0.3) is 0 Å². The van der Waals surface area contributed by atoms with E-state index in [1.807, 2.05) is 0 Å². The zero-order valence-corrected chi connectivity index (χ0v) is 8.65. The van der Waals surface area contributed by atoms with E-state index in [1.54, 1.807) is 5.32 Å². The van der Waals surface area contributed by atoms with Crippen LogP contribution in [0.3, 0.4) is 0 Å². The van der Waals surface area contributed by atoms with E-state index in [-0.39, 0.29) is 0 Å². The van der Waals surface area contributed by atoms with Gasteiger partial charge in [0.1, 0.15) is 6.04 Å². The number of rotatable bonds is 3. The first kappa shape index (κ1) is 14.3. The van der Waals surface area contributed by atoms with E-state index in [2.05, 4.69) is 0 Å². The monoisotopic (exact) mass is 268 g/mol. The van der Waals surface area contributed by atoms with Gasteiger partial charge in [-0.05, 0) is 17.7 Å². The fraction of sp³-hybridized carbons (Fsp3) is 0.300. The Balaban J connectivity index is 2.94. The summed E-state index contributed by atoms with van der Waals surface area (Å²) in [4.78, 5) is 0. The van der Waals surface area contributed by atoms with Crippen LogP contribution in [-0.4, -0.2) is 12.7 Å². The molecule has 0 aliphatic rings. The topological polar surface area (TPSA) is 35.8 Å². The first-order chi connectivity index (χ1) is 8.24. The summed E-state index contributed by atoms with van der Waals surface area (Å²) in [6.45, 7) is -1.51. The minimum Gasteiger partial charge on any atom is -0.290 e. The molecule has 98 valence electrons. The maximum atomic E-state index is 12.8. The van der Waals surface area contributed by atoms with Crippen molar-refractivity contribution in [1.82, 2.24) is 5.32 Å². The van der Waals surface area contributed by atoms with Crippen molar-refractivity contribution in [2.75, 3.05) is 6.54 Å². The largest absolute Gasteiger partial charge is 0.401 e. The Labute approximate surface area is 97.8 Å². The van der Waals surface area contributed by atoms with Crippen molar-refractivity contribution < 1.29 is 26.3 Å². The summed E-state index contributed by atoms with van der Waals surface area (Å²) >= 11 is 0. The van der Waals surface area contributed by atoms with E-state index in [0.717, 1.165) is 0 Å². The molecule has 18 heavy (non-hydrogen) atoms. The molecule has 1 unspecified atom stereocenters. The molecular formula is C10H6F6N2. The van der Waals surface area contributed by atoms with Gasteiger partial charge in [0.05, 0.1) is 12.6 Å². The number of nitriles is 1. The lowest BCUT2D eigenvalue weighted by Gasteiger charge is -2.14. The molecule has 8 heteroatoms. The third-order valence-corrected chi connectivity index (χ3v) is 1.98. The minimum atomic E-state index is -4.58. The molecule has 0 aromatic heterocycles. The lowest BCUT2D eigenvalue weighted by Crippen LogP contribution is -2.31. The Hall–Kier alpha value is -1.75. The number of alkyl halides is 3. The Morgan fingerprint density at radius 3 is 2.06 bits per heavy atom. The van der Waals surface area contributed by atoms with Crippen LogP contribution in [-0.2, 0) is 0 Å². The van der Waals surface area contributed by atoms with Crippen molar-refractivity contribution in [2.24, 2.45) is 0 Å². The normalized spacial score (nSPS) is 13.2. The van der Waals surface area contributed by atoms with Crippen LogP contribution in [0.4, 0.5) is 26.3 Å². The van der Waals surface area contributed by atoms with Crippen LogP contribution in [0.5, 0.6) is 0 Å². The average Bonchev–Trinajstić information content (AvgIpc) is 2.25. The fourth-order valence-electron chi connectivity index (χ4n) is 1.20. The molecule has 0 aliphatic heterocycles. The Morgan fingerprint density at radius 2 is 1.67 bits per heavy atom. The van der Waals surface area contributed by atoms with Crippen molar-refractivity contribution in [3.05, 3.63) is 35.1 Å². The molecule has 0 saturated carbocycles. The number of benzene rings is 1. The van der Waals surface area contributed by atoms with Crippen molar-refractivity contribution in [3.63, 3.8) is 0 Å². The van der Waals surface area contributed by atoms with Crippen molar-refractivity contribution >= 4 is 0 Å². The summed E-state index contributed by atoms with van der Waals surface area (Å²) in [6.07, 6.45) is -4.58. The summed E-state index contributed by atoms with van der Waals surface area (Å²) in [5, 5.41) is 10.4. The molecule has 0 bridgehead atoms. The van der Waals surface area contributed by atoms with Gasteiger partial charge in [-0.25, -0.2) is 13.2 Å². The van der Waals surface area contributed by atoms with E-state index in [4.69, 9.17) is 5.26 Å². The second kappa shape index (κ2) is 5.27. The quantitative estimate of drug-likeness (QED) is 0.676. The summed E-state index contributed by atoms with van der Waals surface area (Å²) in [6, 6.07) is 0.747. The second-order valence-corrected chi connectivity index (χ2v) is 3.36. The Morgan fingerprint density at radius 1 is 1.17 bits per heavy atom. The van der Waals surface area contributed by atoms with Crippen molar-refractivity contribution in [2.45, 2.75) is 12.2 Å². The smallest absolute Gasteiger partial charge is 0.290 e. The zero-order chi connectivity index (χ0) is 13.9. The van der Waals surface area contributed by atoms with Crippen LogP contribution < -0.4 is 5.32 Å². The molecule has 0 radical (unpaired) electrons. The molecule has 0 heterocycles. The first-order valence-electron chi connectivity index (χ1n) is 4.59. The van der Waals surface area contributed by atoms with Gasteiger partial charge in [-0.1, -0.05) is 0 Å². The molecule has 0 saturated heterocycles. The third kappa shape index (κ3) is 3.63. The first-order valence-corrected chi connectivity index (χ1v) is 4.59. The minimum absolute atomic E-state index is 0.418. The average molecular weight is 268 g/mol. The van der Waals surface area contributed by atoms with Crippen LogP contribution in [0.2, 0.25) is 0 Å². The standard InChI is InChI=1S/C10H6F6N2/c11-6-1-5(2-7(12)9(6)13)8(3-17)18-4-10(14,15)16/h1-2,8,18H,4H2. The molecule has 1 rings (SSSR count). The van der Waals surface area contributed by atoms with Crippen LogP contribution in [0.1, 0.15) is 11.6 Å². The maximum absolute atomic E-state index is 12.8. The van der Waals surface area contributed by atoms with Gasteiger partial charge in [-0.15, -0.1) is 0 Å². The van der Waals surface area contributed by atoms with Crippen LogP contribution >= 0.6 is 0 Å². The van der Waals surface area contributed by atoms with Gasteiger partial charge in [0, 0.05) is 0 Å². The van der Waals surface area contributed by atoms with E-state index in [9.17, 15) is 26.3 Å². The van der Waals surface area contributed by atoms with Gasteiger partial charge in [-0.3, -0.25) is 5.32 Å². The highest BCUT2D eigenvalue weighted by atomic mass is 19.4. The summed E-state index contributed by atoms with van der Waals surface area (Å²) in [5.74, 6) is -4.88. The van der Waals surface area contributed by atoms with Crippen molar-refractivity contribution in [1.29, 1.82) is 5.26 Å². The molecule has 1 aromatic carbocycles. The van der Waals surface area contributed by atoms with Crippen molar-refractivity contribution in [3.8, 4) is 6.07 Å². The number of nitrogens with one attached hydrogen (secondary N) is 1. The highest BCUT2D eigenvalue weighted by Crippen LogP contribution is 2.20. The highest BCUT2D eigenvalue weighted by molar-refractivity contribution is 5.26. The van der Waals surface area contributed by atoms with Crippen LogP contribution in [0.25, 0.3) is 0 Å². The lowest BCUT2D eigenvalue weighted by atomic mass is 10.1. The highest BCUT2D eigenvalue weighted by Gasteiger charge is 2.29. The fourth-order valence-corrected chi connectivity index (χ4v) is 1.20. The Bertz CT molecular complexity index is 453. The number of nitrogens with zero attached hydrogens (tertiary/aromatic N) is 1. The van der Waals surface area contributed by atoms with E-state index < -0.39 is 41.8 Å². The molecule has 1 atom stereocenters. The second-order valence-electron chi connectivity index (χ2n) is 3.36. The van der Waals surface area contributed by atoms with Crippen LogP contribution in [0.15, 0.2) is 12.1 Å². The Kier molecular flexibility index (Phi) is 4.19. The summed E-state index contributed by atoms with van der Waals surface area (Å²) in [7, 11) is 0. The molecule has 1 aromatic rings. The van der Waals surface area contributed by atoms with Gasteiger partial charge >= 0.3 is 6.18 Å². The van der Waals surface area contributed by atoms with Crippen LogP contribution in [0, 0.1) is 28.8 Å². The molecule has 0 amide bonds. The van der Waals surface area contributed by atoms with Gasteiger partial charge in [0.2, 0.25) is 0 Å². The molecular weight excluding hydrogens is 262 g/mol. The van der Waals surface area contributed by atoms with Gasteiger partial charge in [0.15, 0.2) is 17.5 Å². The SMILES string of the molecule is N#CC(NCC(F)(F)F)c1cc(F)c(F)c(F)c1. The van der Waals surface area contributed by atoms with E-state index in [0.29, 0.717) is 12.1 Å². The number of hydrogen-bond donors (Lipinski definition) is 1. The molecule has 0 spiro atoms. The summed E-state index contributed by atoms with van der Waals surface area (Å²) in [5.41, 5.74) is -0.418. The van der Waals surface area contributed by atoms with E-state index in [1.165, 1.54) is 6.07 Å². The number of halogens is 6. The maximum Gasteiger partial charge on any atom is 0.401 e. The number of hydrogen-bond acceptors (Lipinski definition) is 2. The molecule has 0 fully saturated rings. The molecule has 1 N–H and O–H groups in total. The zero-order valence-electron chi connectivity index (χ0n) is 8.65. The van der Waals surface area contributed by atoms with E-state index >= 15 is 0 Å².